The van der Waals surface area contributed by atoms with Gasteiger partial charge in [0, 0.05) is 24.0 Å². The van der Waals surface area contributed by atoms with Crippen LogP contribution >= 0.6 is 35.2 Å². The van der Waals surface area contributed by atoms with Gasteiger partial charge in [-0.2, -0.15) is 5.10 Å². The van der Waals surface area contributed by atoms with Gasteiger partial charge in [0.1, 0.15) is 0 Å². The summed E-state index contributed by atoms with van der Waals surface area (Å²) in [6.07, 6.45) is 1.07. The molecule has 2 heterocycles. The van der Waals surface area contributed by atoms with Crippen molar-refractivity contribution in [3.8, 4) is 10.7 Å². The first kappa shape index (κ1) is 18.8. The topological polar surface area (TPSA) is 62.7 Å². The van der Waals surface area contributed by atoms with Crippen molar-refractivity contribution in [1.82, 2.24) is 20.1 Å². The number of amides is 1. The van der Waals surface area contributed by atoms with Crippen LogP contribution in [-0.4, -0.2) is 26.7 Å². The summed E-state index contributed by atoms with van der Waals surface area (Å²) in [4.78, 5) is 13.3. The fourth-order valence-electron chi connectivity index (χ4n) is 2.75. The molecule has 0 spiro atoms. The maximum Gasteiger partial charge on any atom is 0.222 e. The minimum Gasteiger partial charge on any atom is -0.353 e. The molecule has 0 bridgehead atoms. The summed E-state index contributed by atoms with van der Waals surface area (Å²) in [5.74, 6) is 0.754. The number of carbonyl (C=O) groups excluding carboxylic acids is 1. The van der Waals surface area contributed by atoms with Crippen molar-refractivity contribution in [3.63, 3.8) is 0 Å². The molecule has 0 fully saturated rings. The van der Waals surface area contributed by atoms with Gasteiger partial charge in [0.25, 0.3) is 0 Å². The molecule has 136 valence electrons. The van der Waals surface area contributed by atoms with E-state index < -0.39 is 0 Å². The molecule has 0 aliphatic heterocycles. The van der Waals surface area contributed by atoms with Crippen LogP contribution < -0.4 is 5.32 Å². The van der Waals surface area contributed by atoms with E-state index in [2.05, 4.69) is 15.5 Å². The van der Waals surface area contributed by atoms with Crippen molar-refractivity contribution in [3.05, 3.63) is 57.1 Å². The van der Waals surface area contributed by atoms with Crippen LogP contribution in [0, 0.1) is 4.77 Å². The first-order valence-corrected chi connectivity index (χ1v) is 9.92. The Labute approximate surface area is 166 Å². The fourth-order valence-corrected chi connectivity index (χ4v) is 3.91. The second-order valence-electron chi connectivity index (χ2n) is 6.03. The third-order valence-electron chi connectivity index (χ3n) is 3.90. The van der Waals surface area contributed by atoms with Crippen LogP contribution in [-0.2, 0) is 17.8 Å². The number of rotatable bonds is 7. The van der Waals surface area contributed by atoms with Crippen LogP contribution in [0.5, 0.6) is 0 Å². The lowest BCUT2D eigenvalue weighted by Gasteiger charge is -2.14. The zero-order valence-corrected chi connectivity index (χ0v) is 16.6. The van der Waals surface area contributed by atoms with Gasteiger partial charge in [-0.25, -0.2) is 0 Å². The van der Waals surface area contributed by atoms with Crippen LogP contribution in [0.15, 0.2) is 41.8 Å². The molecule has 0 saturated heterocycles. The van der Waals surface area contributed by atoms with Crippen molar-refractivity contribution in [2.45, 2.75) is 32.4 Å². The SMILES string of the molecule is C[C@H](Cc1cccc(Cl)c1)NC(=O)CCn1c(-c2cccs2)n[nH]c1=S. The highest BCUT2D eigenvalue weighted by Gasteiger charge is 2.13. The van der Waals surface area contributed by atoms with Crippen LogP contribution in [0.1, 0.15) is 18.9 Å². The number of hydrogen-bond acceptors (Lipinski definition) is 4. The molecule has 0 aliphatic rings. The molecule has 5 nitrogen and oxygen atoms in total. The minimum atomic E-state index is -0.0141. The molecular weight excluding hydrogens is 388 g/mol. The standard InChI is InChI=1S/C18H19ClN4OS2/c1-12(10-13-4-2-5-14(19)11-13)20-16(24)7-8-23-17(21-22-18(23)25)15-6-3-9-26-15/h2-6,9,11-12H,7-8,10H2,1H3,(H,20,24)(H,22,25)/t12-/m1/s1. The summed E-state index contributed by atoms with van der Waals surface area (Å²) in [7, 11) is 0. The predicted octanol–water partition coefficient (Wildman–Crippen LogP) is 4.46. The Hall–Kier alpha value is -1.96. The number of aromatic amines is 1. The molecule has 2 aromatic heterocycles. The highest BCUT2D eigenvalue weighted by molar-refractivity contribution is 7.71. The summed E-state index contributed by atoms with van der Waals surface area (Å²) < 4.78 is 2.38. The van der Waals surface area contributed by atoms with Gasteiger partial charge in [-0.3, -0.25) is 14.5 Å². The van der Waals surface area contributed by atoms with E-state index in [0.29, 0.717) is 22.8 Å². The van der Waals surface area contributed by atoms with Crippen LogP contribution in [0.3, 0.4) is 0 Å². The van der Waals surface area contributed by atoms with E-state index in [-0.39, 0.29) is 11.9 Å². The molecule has 0 saturated carbocycles. The molecule has 0 radical (unpaired) electrons. The maximum absolute atomic E-state index is 12.3. The Morgan fingerprint density at radius 2 is 2.27 bits per heavy atom. The van der Waals surface area contributed by atoms with Crippen molar-refractivity contribution in [2.75, 3.05) is 0 Å². The minimum absolute atomic E-state index is 0.0141. The van der Waals surface area contributed by atoms with Gasteiger partial charge in [-0.1, -0.05) is 29.8 Å². The van der Waals surface area contributed by atoms with Gasteiger partial charge >= 0.3 is 0 Å². The fraction of sp³-hybridized carbons (Fsp3) is 0.278. The molecule has 1 atom stereocenters. The number of benzene rings is 1. The Balaban J connectivity index is 1.56. The molecule has 0 unspecified atom stereocenters. The van der Waals surface area contributed by atoms with E-state index >= 15 is 0 Å². The van der Waals surface area contributed by atoms with Crippen molar-refractivity contribution in [1.29, 1.82) is 0 Å². The molecule has 1 aromatic carbocycles. The molecule has 26 heavy (non-hydrogen) atoms. The zero-order valence-electron chi connectivity index (χ0n) is 14.2. The van der Waals surface area contributed by atoms with Gasteiger partial charge in [-0.05, 0) is 54.7 Å². The normalized spacial score (nSPS) is 12.1. The van der Waals surface area contributed by atoms with Gasteiger partial charge in [0.2, 0.25) is 5.91 Å². The summed E-state index contributed by atoms with van der Waals surface area (Å²) >= 11 is 12.9. The van der Waals surface area contributed by atoms with E-state index in [1.807, 2.05) is 53.3 Å². The first-order chi connectivity index (χ1) is 12.5. The number of carbonyl (C=O) groups is 1. The predicted molar refractivity (Wildman–Crippen MR) is 108 cm³/mol. The van der Waals surface area contributed by atoms with Crippen molar-refractivity contribution >= 4 is 41.1 Å². The third-order valence-corrected chi connectivity index (χ3v) is 5.31. The van der Waals surface area contributed by atoms with E-state index in [1.54, 1.807) is 11.3 Å². The lowest BCUT2D eigenvalue weighted by Crippen LogP contribution is -2.34. The molecule has 1 amide bonds. The average Bonchev–Trinajstić information content (AvgIpc) is 3.22. The summed E-state index contributed by atoms with van der Waals surface area (Å²) in [6.45, 7) is 2.47. The number of nitrogens with one attached hydrogen (secondary N) is 2. The first-order valence-electron chi connectivity index (χ1n) is 8.26. The molecule has 2 N–H and O–H groups in total. The van der Waals surface area contributed by atoms with Crippen molar-refractivity contribution < 1.29 is 4.79 Å². The number of halogens is 1. The maximum atomic E-state index is 12.3. The smallest absolute Gasteiger partial charge is 0.222 e. The van der Waals surface area contributed by atoms with E-state index in [1.165, 1.54) is 0 Å². The van der Waals surface area contributed by atoms with Crippen LogP contribution in [0.25, 0.3) is 10.7 Å². The number of thiophene rings is 1. The summed E-state index contributed by atoms with van der Waals surface area (Å²) in [5.41, 5.74) is 1.10. The Bertz CT molecular complexity index is 933. The van der Waals surface area contributed by atoms with Crippen LogP contribution in [0.2, 0.25) is 5.02 Å². The van der Waals surface area contributed by atoms with Crippen LogP contribution in [0.4, 0.5) is 0 Å². The third kappa shape index (κ3) is 4.81. The average molecular weight is 407 g/mol. The van der Waals surface area contributed by atoms with Gasteiger partial charge < -0.3 is 5.32 Å². The lowest BCUT2D eigenvalue weighted by molar-refractivity contribution is -0.121. The number of aromatic nitrogens is 3. The lowest BCUT2D eigenvalue weighted by atomic mass is 10.1. The quantitative estimate of drug-likeness (QED) is 0.569. The summed E-state index contributed by atoms with van der Waals surface area (Å²) in [6, 6.07) is 11.7. The van der Waals surface area contributed by atoms with Gasteiger partial charge in [-0.15, -0.1) is 11.3 Å². The molecule has 8 heteroatoms. The second kappa shape index (κ2) is 8.62. The zero-order chi connectivity index (χ0) is 18.5. The number of H-pyrrole nitrogens is 1. The monoisotopic (exact) mass is 406 g/mol. The largest absolute Gasteiger partial charge is 0.353 e. The molecule has 0 aliphatic carbocycles. The molecule has 3 aromatic rings. The highest BCUT2D eigenvalue weighted by atomic mass is 35.5. The number of nitrogens with zero attached hydrogens (tertiary/aromatic N) is 2. The van der Waals surface area contributed by atoms with Gasteiger partial charge in [0.05, 0.1) is 4.88 Å². The molecule has 3 rings (SSSR count). The highest BCUT2D eigenvalue weighted by Crippen LogP contribution is 2.22. The Morgan fingerprint density at radius 1 is 1.42 bits per heavy atom. The Kier molecular flexibility index (Phi) is 6.24. The van der Waals surface area contributed by atoms with Crippen molar-refractivity contribution in [2.24, 2.45) is 0 Å². The second-order valence-corrected chi connectivity index (χ2v) is 7.80. The van der Waals surface area contributed by atoms with E-state index in [9.17, 15) is 4.79 Å². The van der Waals surface area contributed by atoms with Gasteiger partial charge in [0.15, 0.2) is 10.6 Å². The summed E-state index contributed by atoms with van der Waals surface area (Å²) in [5, 5.41) is 12.8. The number of hydrogen-bond donors (Lipinski definition) is 2. The Morgan fingerprint density at radius 3 is 3.00 bits per heavy atom. The molecular formula is C18H19ClN4OS2. The van der Waals surface area contributed by atoms with E-state index in [0.717, 1.165) is 22.7 Å². The van der Waals surface area contributed by atoms with E-state index in [4.69, 9.17) is 23.8 Å².